The summed E-state index contributed by atoms with van der Waals surface area (Å²) in [5.41, 5.74) is 2.19. The zero-order valence-electron chi connectivity index (χ0n) is 11.5. The Morgan fingerprint density at radius 3 is 2.52 bits per heavy atom. The number of rotatable bonds is 3. The Hall–Kier alpha value is -1.98. The first-order valence-corrected chi connectivity index (χ1v) is 8.25. The lowest BCUT2D eigenvalue weighted by atomic mass is 10.0. The van der Waals surface area contributed by atoms with Crippen LogP contribution in [-0.2, 0) is 10.1 Å². The lowest BCUT2D eigenvalue weighted by molar-refractivity contribution is 0.467. The van der Waals surface area contributed by atoms with E-state index in [0.29, 0.717) is 12.0 Å². The molecule has 5 heteroatoms. The number of aromatic nitrogens is 1. The molecule has 3 rings (SSSR count). The molecule has 0 bridgehead atoms. The minimum atomic E-state index is -4.14. The average Bonchev–Trinajstić information content (AvgIpc) is 2.45. The first kappa shape index (κ1) is 14.0. The maximum absolute atomic E-state index is 11.6. The van der Waals surface area contributed by atoms with Gasteiger partial charge in [0.2, 0.25) is 0 Å². The molecule has 108 valence electrons. The molecule has 3 aromatic rings. The number of nitrogens with zero attached hydrogens (tertiary/aromatic N) is 1. The molecule has 4 nitrogen and oxygen atoms in total. The van der Waals surface area contributed by atoms with Crippen LogP contribution in [0.15, 0.2) is 48.5 Å². The monoisotopic (exact) mass is 301 g/mol. The SMILES string of the molecule is CCC(c1cccc2nc3ccccc3cc12)S(=O)(=O)O. The van der Waals surface area contributed by atoms with Gasteiger partial charge in [0.05, 0.1) is 11.0 Å². The van der Waals surface area contributed by atoms with Crippen LogP contribution in [0.1, 0.15) is 24.2 Å². The third kappa shape index (κ3) is 2.50. The number of benzene rings is 2. The van der Waals surface area contributed by atoms with Crippen LogP contribution < -0.4 is 0 Å². The molecule has 2 aromatic carbocycles. The molecule has 0 saturated carbocycles. The van der Waals surface area contributed by atoms with Crippen molar-refractivity contribution in [3.63, 3.8) is 0 Å². The van der Waals surface area contributed by atoms with Gasteiger partial charge in [0.25, 0.3) is 10.1 Å². The van der Waals surface area contributed by atoms with E-state index in [4.69, 9.17) is 0 Å². The molecule has 0 aliphatic carbocycles. The fourth-order valence-corrected chi connectivity index (χ4v) is 3.64. The first-order valence-electron chi connectivity index (χ1n) is 6.75. The fourth-order valence-electron chi connectivity index (χ4n) is 2.69. The van der Waals surface area contributed by atoms with E-state index in [1.54, 1.807) is 19.1 Å². The number of para-hydroxylation sites is 1. The minimum absolute atomic E-state index is 0.310. The third-order valence-electron chi connectivity index (χ3n) is 3.67. The Morgan fingerprint density at radius 1 is 1.10 bits per heavy atom. The first-order chi connectivity index (χ1) is 10.0. The summed E-state index contributed by atoms with van der Waals surface area (Å²) in [5, 5.41) is 0.785. The average molecular weight is 301 g/mol. The van der Waals surface area contributed by atoms with E-state index in [1.807, 2.05) is 36.4 Å². The molecular weight excluding hydrogens is 286 g/mol. The van der Waals surface area contributed by atoms with Gasteiger partial charge in [-0.25, -0.2) is 4.98 Å². The Morgan fingerprint density at radius 2 is 1.81 bits per heavy atom. The Balaban J connectivity index is 2.35. The zero-order chi connectivity index (χ0) is 15.0. The van der Waals surface area contributed by atoms with Crippen LogP contribution in [0.25, 0.3) is 21.8 Å². The highest BCUT2D eigenvalue weighted by Crippen LogP contribution is 2.32. The number of fused-ring (bicyclic) bond motifs is 2. The topological polar surface area (TPSA) is 67.3 Å². The maximum Gasteiger partial charge on any atom is 0.272 e. The van der Waals surface area contributed by atoms with Crippen LogP contribution >= 0.6 is 0 Å². The van der Waals surface area contributed by atoms with Crippen LogP contribution in [0.5, 0.6) is 0 Å². The van der Waals surface area contributed by atoms with Gasteiger partial charge >= 0.3 is 0 Å². The molecule has 0 aliphatic rings. The standard InChI is InChI=1S/C16H15NO3S/c1-2-16(21(18,19)20)12-7-5-9-15-13(12)10-11-6-3-4-8-14(11)17-15/h3-10,16H,2H2,1H3,(H,18,19,20). The molecule has 1 heterocycles. The van der Waals surface area contributed by atoms with Crippen LogP contribution in [0.3, 0.4) is 0 Å². The Bertz CT molecular complexity index is 919. The lowest BCUT2D eigenvalue weighted by Crippen LogP contribution is -2.11. The molecule has 1 unspecified atom stereocenters. The van der Waals surface area contributed by atoms with E-state index in [1.165, 1.54) is 0 Å². The third-order valence-corrected chi connectivity index (χ3v) is 4.98. The highest BCUT2D eigenvalue weighted by Gasteiger charge is 2.25. The molecular formula is C16H15NO3S. The number of pyridine rings is 1. The highest BCUT2D eigenvalue weighted by molar-refractivity contribution is 7.86. The second-order valence-electron chi connectivity index (χ2n) is 5.01. The van der Waals surface area contributed by atoms with Gasteiger partial charge in [-0.15, -0.1) is 0 Å². The summed E-state index contributed by atoms with van der Waals surface area (Å²) in [6.45, 7) is 1.74. The van der Waals surface area contributed by atoms with Gasteiger partial charge in [-0.05, 0) is 30.2 Å². The van der Waals surface area contributed by atoms with Gasteiger partial charge in [-0.1, -0.05) is 37.3 Å². The maximum atomic E-state index is 11.6. The zero-order valence-corrected chi connectivity index (χ0v) is 12.3. The van der Waals surface area contributed by atoms with Crippen molar-refractivity contribution in [2.24, 2.45) is 0 Å². The smallest absolute Gasteiger partial charge is 0.272 e. The van der Waals surface area contributed by atoms with Crippen LogP contribution in [0.2, 0.25) is 0 Å². The van der Waals surface area contributed by atoms with Crippen molar-refractivity contribution in [1.29, 1.82) is 0 Å². The molecule has 0 fully saturated rings. The molecule has 0 saturated heterocycles. The summed E-state index contributed by atoms with van der Waals surface area (Å²) in [6.07, 6.45) is 0.310. The van der Waals surface area contributed by atoms with Gasteiger partial charge in [0.15, 0.2) is 0 Å². The van der Waals surface area contributed by atoms with Gasteiger partial charge in [0.1, 0.15) is 5.25 Å². The Kier molecular flexibility index (Phi) is 3.39. The second-order valence-corrected chi connectivity index (χ2v) is 6.61. The summed E-state index contributed by atoms with van der Waals surface area (Å²) >= 11 is 0. The van der Waals surface area contributed by atoms with Crippen LogP contribution in [-0.4, -0.2) is 18.0 Å². The van der Waals surface area contributed by atoms with E-state index in [0.717, 1.165) is 21.8 Å². The minimum Gasteiger partial charge on any atom is -0.285 e. The summed E-state index contributed by atoms with van der Waals surface area (Å²) in [7, 11) is -4.14. The van der Waals surface area contributed by atoms with Gasteiger partial charge in [0, 0.05) is 10.8 Å². The molecule has 1 N–H and O–H groups in total. The van der Waals surface area contributed by atoms with E-state index in [9.17, 15) is 13.0 Å². The van der Waals surface area contributed by atoms with Crippen molar-refractivity contribution >= 4 is 31.9 Å². The van der Waals surface area contributed by atoms with Crippen molar-refractivity contribution in [2.75, 3.05) is 0 Å². The normalized spacial score (nSPS) is 13.6. The van der Waals surface area contributed by atoms with Crippen LogP contribution in [0.4, 0.5) is 0 Å². The van der Waals surface area contributed by atoms with Gasteiger partial charge in [-0.2, -0.15) is 8.42 Å². The van der Waals surface area contributed by atoms with E-state index < -0.39 is 15.4 Å². The second kappa shape index (κ2) is 5.09. The molecule has 0 amide bonds. The summed E-state index contributed by atoms with van der Waals surface area (Å²) in [4.78, 5) is 4.56. The summed E-state index contributed by atoms with van der Waals surface area (Å²) < 4.78 is 32.7. The highest BCUT2D eigenvalue weighted by atomic mass is 32.2. The quantitative estimate of drug-likeness (QED) is 0.591. The molecule has 21 heavy (non-hydrogen) atoms. The molecule has 1 aromatic heterocycles. The van der Waals surface area contributed by atoms with Gasteiger partial charge < -0.3 is 0 Å². The predicted octanol–water partition coefficient (Wildman–Crippen LogP) is 3.73. The Labute approximate surface area is 123 Å². The lowest BCUT2D eigenvalue weighted by Gasteiger charge is -2.15. The predicted molar refractivity (Wildman–Crippen MR) is 83.8 cm³/mol. The molecule has 1 atom stereocenters. The molecule has 0 radical (unpaired) electrons. The summed E-state index contributed by atoms with van der Waals surface area (Å²) in [5.74, 6) is 0. The van der Waals surface area contributed by atoms with Crippen molar-refractivity contribution in [2.45, 2.75) is 18.6 Å². The van der Waals surface area contributed by atoms with E-state index >= 15 is 0 Å². The van der Waals surface area contributed by atoms with E-state index in [-0.39, 0.29) is 0 Å². The number of hydrogen-bond acceptors (Lipinski definition) is 3. The van der Waals surface area contributed by atoms with Crippen molar-refractivity contribution in [3.8, 4) is 0 Å². The van der Waals surface area contributed by atoms with Crippen molar-refractivity contribution in [1.82, 2.24) is 4.98 Å². The van der Waals surface area contributed by atoms with Crippen molar-refractivity contribution < 1.29 is 13.0 Å². The van der Waals surface area contributed by atoms with Crippen molar-refractivity contribution in [3.05, 3.63) is 54.1 Å². The van der Waals surface area contributed by atoms with Crippen LogP contribution in [0, 0.1) is 0 Å². The largest absolute Gasteiger partial charge is 0.285 e. The van der Waals surface area contributed by atoms with E-state index in [2.05, 4.69) is 4.98 Å². The fraction of sp³-hybridized carbons (Fsp3) is 0.188. The van der Waals surface area contributed by atoms with Gasteiger partial charge in [-0.3, -0.25) is 4.55 Å². The number of hydrogen-bond donors (Lipinski definition) is 1. The molecule has 0 spiro atoms. The molecule has 0 aliphatic heterocycles. The summed E-state index contributed by atoms with van der Waals surface area (Å²) in [6, 6.07) is 15.0.